The predicted molar refractivity (Wildman–Crippen MR) is 83.9 cm³/mol. The highest BCUT2D eigenvalue weighted by molar-refractivity contribution is 5.40. The summed E-state index contributed by atoms with van der Waals surface area (Å²) in [6.07, 6.45) is 6.00. The van der Waals surface area contributed by atoms with E-state index in [2.05, 4.69) is 5.32 Å². The van der Waals surface area contributed by atoms with Crippen LogP contribution < -0.4 is 14.8 Å². The van der Waals surface area contributed by atoms with Crippen LogP contribution in [0.25, 0.3) is 0 Å². The molecular formula is C17H27NO3. The Hall–Kier alpha value is -1.26. The lowest BCUT2D eigenvalue weighted by Gasteiger charge is -2.35. The van der Waals surface area contributed by atoms with Gasteiger partial charge in [0.15, 0.2) is 0 Å². The third kappa shape index (κ3) is 4.11. The van der Waals surface area contributed by atoms with Crippen molar-refractivity contribution < 1.29 is 14.6 Å². The summed E-state index contributed by atoms with van der Waals surface area (Å²) in [6, 6.07) is 5.87. The fourth-order valence-corrected chi connectivity index (χ4v) is 3.15. The first kappa shape index (κ1) is 16.1. The van der Waals surface area contributed by atoms with Gasteiger partial charge in [-0.25, -0.2) is 0 Å². The van der Waals surface area contributed by atoms with Crippen molar-refractivity contribution in [3.8, 4) is 11.5 Å². The van der Waals surface area contributed by atoms with Crippen molar-refractivity contribution in [1.29, 1.82) is 0 Å². The number of aliphatic hydroxyl groups excluding tert-OH is 1. The van der Waals surface area contributed by atoms with E-state index in [1.54, 1.807) is 14.2 Å². The third-order valence-corrected chi connectivity index (χ3v) is 4.56. The SMILES string of the molecule is COc1ccc(CNCC2(CO)CCCCC2)c(OC)c1. The van der Waals surface area contributed by atoms with E-state index in [0.717, 1.165) is 43.0 Å². The zero-order chi connectivity index (χ0) is 15.1. The number of hydrogen-bond donors (Lipinski definition) is 2. The van der Waals surface area contributed by atoms with E-state index in [0.29, 0.717) is 0 Å². The van der Waals surface area contributed by atoms with E-state index in [1.165, 1.54) is 19.3 Å². The number of nitrogens with one attached hydrogen (secondary N) is 1. The van der Waals surface area contributed by atoms with E-state index >= 15 is 0 Å². The molecule has 0 atom stereocenters. The Morgan fingerprint density at radius 2 is 1.90 bits per heavy atom. The van der Waals surface area contributed by atoms with Crippen LogP contribution in [0.5, 0.6) is 11.5 Å². The number of methoxy groups -OCH3 is 2. The van der Waals surface area contributed by atoms with Crippen molar-refractivity contribution >= 4 is 0 Å². The molecule has 4 nitrogen and oxygen atoms in total. The molecule has 1 saturated carbocycles. The van der Waals surface area contributed by atoms with Crippen LogP contribution in [0.2, 0.25) is 0 Å². The van der Waals surface area contributed by atoms with Crippen LogP contribution >= 0.6 is 0 Å². The molecule has 1 aromatic rings. The molecule has 0 aliphatic heterocycles. The molecule has 0 heterocycles. The molecule has 0 radical (unpaired) electrons. The monoisotopic (exact) mass is 293 g/mol. The second-order valence-electron chi connectivity index (χ2n) is 6.00. The molecule has 0 spiro atoms. The lowest BCUT2D eigenvalue weighted by molar-refractivity contribution is 0.0810. The molecule has 1 fully saturated rings. The Morgan fingerprint density at radius 1 is 1.14 bits per heavy atom. The topological polar surface area (TPSA) is 50.7 Å². The molecule has 0 aromatic heterocycles. The highest BCUT2D eigenvalue weighted by Crippen LogP contribution is 2.35. The second-order valence-corrected chi connectivity index (χ2v) is 6.00. The molecule has 4 heteroatoms. The number of ether oxygens (including phenoxy) is 2. The summed E-state index contributed by atoms with van der Waals surface area (Å²) in [7, 11) is 3.33. The molecule has 0 amide bonds. The van der Waals surface area contributed by atoms with E-state index in [1.807, 2.05) is 18.2 Å². The molecule has 0 bridgehead atoms. The average Bonchev–Trinajstić information content (AvgIpc) is 2.56. The summed E-state index contributed by atoms with van der Waals surface area (Å²) in [6.45, 7) is 1.88. The molecular weight excluding hydrogens is 266 g/mol. The zero-order valence-electron chi connectivity index (χ0n) is 13.2. The van der Waals surface area contributed by atoms with Gasteiger partial charge in [-0.15, -0.1) is 0 Å². The first-order chi connectivity index (χ1) is 10.2. The van der Waals surface area contributed by atoms with Crippen molar-refractivity contribution in [3.05, 3.63) is 23.8 Å². The summed E-state index contributed by atoms with van der Waals surface area (Å²) in [4.78, 5) is 0. The van der Waals surface area contributed by atoms with Crippen LogP contribution in [0, 0.1) is 5.41 Å². The first-order valence-electron chi connectivity index (χ1n) is 7.75. The van der Waals surface area contributed by atoms with Crippen LogP contribution in [-0.4, -0.2) is 32.5 Å². The standard InChI is InChI=1S/C17H27NO3/c1-20-15-7-6-14(16(10-15)21-2)11-18-12-17(13-19)8-4-3-5-9-17/h6-7,10,18-19H,3-5,8-9,11-13H2,1-2H3. The summed E-state index contributed by atoms with van der Waals surface area (Å²) in [5, 5.41) is 13.2. The maximum atomic E-state index is 9.73. The lowest BCUT2D eigenvalue weighted by Crippen LogP contribution is -2.38. The third-order valence-electron chi connectivity index (χ3n) is 4.56. The van der Waals surface area contributed by atoms with Crippen LogP contribution in [0.3, 0.4) is 0 Å². The first-order valence-corrected chi connectivity index (χ1v) is 7.75. The van der Waals surface area contributed by atoms with Gasteiger partial charge >= 0.3 is 0 Å². The largest absolute Gasteiger partial charge is 0.497 e. The van der Waals surface area contributed by atoms with Crippen LogP contribution in [0.15, 0.2) is 18.2 Å². The maximum absolute atomic E-state index is 9.73. The van der Waals surface area contributed by atoms with Gasteiger partial charge in [-0.05, 0) is 18.9 Å². The molecule has 1 aromatic carbocycles. The van der Waals surface area contributed by atoms with Crippen molar-refractivity contribution in [1.82, 2.24) is 5.32 Å². The second kappa shape index (κ2) is 7.66. The fourth-order valence-electron chi connectivity index (χ4n) is 3.15. The maximum Gasteiger partial charge on any atom is 0.127 e. The predicted octanol–water partition coefficient (Wildman–Crippen LogP) is 2.74. The van der Waals surface area contributed by atoms with E-state index in [4.69, 9.17) is 9.47 Å². The molecule has 0 unspecified atom stereocenters. The van der Waals surface area contributed by atoms with Gasteiger partial charge in [0, 0.05) is 36.7 Å². The Kier molecular flexibility index (Phi) is 5.88. The van der Waals surface area contributed by atoms with Crippen LogP contribution in [0.4, 0.5) is 0 Å². The Bertz CT molecular complexity index is 442. The Balaban J connectivity index is 1.93. The summed E-state index contributed by atoms with van der Waals surface area (Å²) >= 11 is 0. The highest BCUT2D eigenvalue weighted by atomic mass is 16.5. The van der Waals surface area contributed by atoms with Gasteiger partial charge in [-0.1, -0.05) is 25.3 Å². The van der Waals surface area contributed by atoms with E-state index < -0.39 is 0 Å². The van der Waals surface area contributed by atoms with Gasteiger partial charge in [0.05, 0.1) is 14.2 Å². The van der Waals surface area contributed by atoms with Gasteiger partial charge in [-0.2, -0.15) is 0 Å². The van der Waals surface area contributed by atoms with Gasteiger partial charge in [-0.3, -0.25) is 0 Å². The lowest BCUT2D eigenvalue weighted by atomic mass is 9.74. The Labute approximate surface area is 127 Å². The molecule has 21 heavy (non-hydrogen) atoms. The minimum atomic E-state index is 0.0674. The summed E-state index contributed by atoms with van der Waals surface area (Å²) in [5.74, 6) is 1.64. The van der Waals surface area contributed by atoms with Gasteiger partial charge in [0.25, 0.3) is 0 Å². The highest BCUT2D eigenvalue weighted by Gasteiger charge is 2.30. The van der Waals surface area contributed by atoms with Crippen LogP contribution in [0.1, 0.15) is 37.7 Å². The quantitative estimate of drug-likeness (QED) is 0.811. The molecule has 1 aliphatic rings. The number of hydrogen-bond acceptors (Lipinski definition) is 4. The number of benzene rings is 1. The average molecular weight is 293 g/mol. The summed E-state index contributed by atoms with van der Waals surface area (Å²) in [5.41, 5.74) is 1.18. The molecule has 2 N–H and O–H groups in total. The molecule has 2 rings (SSSR count). The normalized spacial score (nSPS) is 17.5. The van der Waals surface area contributed by atoms with E-state index in [-0.39, 0.29) is 12.0 Å². The number of aliphatic hydroxyl groups is 1. The van der Waals surface area contributed by atoms with Crippen LogP contribution in [-0.2, 0) is 6.54 Å². The molecule has 1 aliphatic carbocycles. The fraction of sp³-hybridized carbons (Fsp3) is 0.647. The molecule has 118 valence electrons. The minimum absolute atomic E-state index is 0.0674. The van der Waals surface area contributed by atoms with Crippen molar-refractivity contribution in [2.24, 2.45) is 5.41 Å². The molecule has 0 saturated heterocycles. The minimum Gasteiger partial charge on any atom is -0.497 e. The number of rotatable bonds is 7. The van der Waals surface area contributed by atoms with E-state index in [9.17, 15) is 5.11 Å². The van der Waals surface area contributed by atoms with Crippen molar-refractivity contribution in [2.75, 3.05) is 27.4 Å². The van der Waals surface area contributed by atoms with Crippen molar-refractivity contribution in [2.45, 2.75) is 38.6 Å². The zero-order valence-corrected chi connectivity index (χ0v) is 13.2. The smallest absolute Gasteiger partial charge is 0.127 e. The van der Waals surface area contributed by atoms with Gasteiger partial charge in [0.2, 0.25) is 0 Å². The summed E-state index contributed by atoms with van der Waals surface area (Å²) < 4.78 is 10.6. The van der Waals surface area contributed by atoms with Gasteiger partial charge < -0.3 is 19.9 Å². The van der Waals surface area contributed by atoms with Gasteiger partial charge in [0.1, 0.15) is 11.5 Å². The Morgan fingerprint density at radius 3 is 2.52 bits per heavy atom. The van der Waals surface area contributed by atoms with Crippen molar-refractivity contribution in [3.63, 3.8) is 0 Å².